The van der Waals surface area contributed by atoms with E-state index < -0.39 is 0 Å². The average molecular weight is 391 g/mol. The van der Waals surface area contributed by atoms with Crippen molar-refractivity contribution in [3.63, 3.8) is 0 Å². The molecule has 2 heterocycles. The Morgan fingerprint density at radius 1 is 0.966 bits per heavy atom. The third kappa shape index (κ3) is 3.83. The fourth-order valence-corrected chi connectivity index (χ4v) is 3.77. The van der Waals surface area contributed by atoms with Gasteiger partial charge < -0.3 is 19.3 Å². The van der Waals surface area contributed by atoms with Crippen LogP contribution in [0.25, 0.3) is 10.8 Å². The molecule has 1 aromatic heterocycles. The molecule has 0 unspecified atom stereocenters. The molecule has 2 aromatic carbocycles. The van der Waals surface area contributed by atoms with Crippen LogP contribution in [0, 0.1) is 0 Å². The predicted octanol–water partition coefficient (Wildman–Crippen LogP) is 3.75. The van der Waals surface area contributed by atoms with Gasteiger partial charge in [0.1, 0.15) is 11.6 Å². The molecule has 0 radical (unpaired) electrons. The van der Waals surface area contributed by atoms with E-state index in [1.54, 1.807) is 13.3 Å². The molecule has 6 heteroatoms. The topological polar surface area (TPSA) is 54.9 Å². The first-order valence-electron chi connectivity index (χ1n) is 9.90. The highest BCUT2D eigenvalue weighted by molar-refractivity contribution is 6.07. The van der Waals surface area contributed by atoms with Gasteiger partial charge in [0.25, 0.3) is 0 Å². The Morgan fingerprint density at radius 2 is 1.62 bits per heavy atom. The van der Waals surface area contributed by atoms with Crippen LogP contribution in [0.5, 0.6) is 5.75 Å². The Morgan fingerprint density at radius 3 is 2.28 bits per heavy atom. The third-order valence-electron chi connectivity index (χ3n) is 5.29. The summed E-state index contributed by atoms with van der Waals surface area (Å²) in [6.45, 7) is 5.69. The van der Waals surface area contributed by atoms with Gasteiger partial charge in [0.05, 0.1) is 19.3 Å². The average Bonchev–Trinajstić information content (AvgIpc) is 2.79. The fraction of sp³-hybridized carbons (Fsp3) is 0.304. The van der Waals surface area contributed by atoms with Gasteiger partial charge in [-0.1, -0.05) is 24.3 Å². The van der Waals surface area contributed by atoms with Gasteiger partial charge in [-0.3, -0.25) is 0 Å². The maximum atomic E-state index is 12.3. The first-order chi connectivity index (χ1) is 14.2. The summed E-state index contributed by atoms with van der Waals surface area (Å²) in [6.07, 6.45) is 1.64. The van der Waals surface area contributed by atoms with Crippen molar-refractivity contribution < 1.29 is 14.3 Å². The van der Waals surface area contributed by atoms with Crippen molar-refractivity contribution in [3.05, 3.63) is 60.3 Å². The lowest BCUT2D eigenvalue weighted by Crippen LogP contribution is -2.46. The Bertz CT molecular complexity index is 996. The highest BCUT2D eigenvalue weighted by Gasteiger charge is 2.22. The maximum Gasteiger partial charge on any atom is 0.340 e. The first-order valence-corrected chi connectivity index (χ1v) is 9.90. The Balaban J connectivity index is 1.55. The molecule has 0 spiro atoms. The van der Waals surface area contributed by atoms with Crippen LogP contribution in [0.4, 0.5) is 11.5 Å². The van der Waals surface area contributed by atoms with E-state index in [1.165, 1.54) is 5.69 Å². The van der Waals surface area contributed by atoms with E-state index in [1.807, 2.05) is 43.3 Å². The number of ether oxygens (including phenoxy) is 2. The molecule has 0 saturated carbocycles. The third-order valence-corrected chi connectivity index (χ3v) is 5.29. The number of hydrogen-bond donors (Lipinski definition) is 0. The monoisotopic (exact) mass is 391 g/mol. The number of aromatic nitrogens is 1. The number of fused-ring (bicyclic) bond motifs is 1. The van der Waals surface area contributed by atoms with Gasteiger partial charge in [-0.15, -0.1) is 0 Å². The zero-order valence-electron chi connectivity index (χ0n) is 16.8. The van der Waals surface area contributed by atoms with Crippen LogP contribution < -0.4 is 14.5 Å². The molecule has 1 aliphatic heterocycles. The summed E-state index contributed by atoms with van der Waals surface area (Å²) >= 11 is 0. The molecule has 4 rings (SSSR count). The van der Waals surface area contributed by atoms with E-state index in [-0.39, 0.29) is 5.97 Å². The number of carbonyl (C=O) groups is 1. The second-order valence-corrected chi connectivity index (χ2v) is 6.93. The van der Waals surface area contributed by atoms with Crippen molar-refractivity contribution in [2.75, 3.05) is 49.7 Å². The lowest BCUT2D eigenvalue weighted by Gasteiger charge is -2.37. The van der Waals surface area contributed by atoms with E-state index in [9.17, 15) is 4.79 Å². The van der Waals surface area contributed by atoms with Crippen molar-refractivity contribution in [2.45, 2.75) is 6.92 Å². The number of carbonyl (C=O) groups excluding carboxylic acids is 1. The molecule has 0 aliphatic carbocycles. The summed E-state index contributed by atoms with van der Waals surface area (Å²) in [7, 11) is 1.68. The van der Waals surface area contributed by atoms with E-state index >= 15 is 0 Å². The molecule has 3 aromatic rings. The van der Waals surface area contributed by atoms with Crippen molar-refractivity contribution in [1.82, 2.24) is 4.98 Å². The summed E-state index contributed by atoms with van der Waals surface area (Å²) < 4.78 is 10.4. The van der Waals surface area contributed by atoms with Gasteiger partial charge in [0.15, 0.2) is 0 Å². The molecule has 150 valence electrons. The van der Waals surface area contributed by atoms with Crippen LogP contribution in [0.2, 0.25) is 0 Å². The highest BCUT2D eigenvalue weighted by Crippen LogP contribution is 2.29. The zero-order chi connectivity index (χ0) is 20.2. The lowest BCUT2D eigenvalue weighted by molar-refractivity contribution is 0.0528. The van der Waals surface area contributed by atoms with Crippen LogP contribution in [0.1, 0.15) is 17.3 Å². The van der Waals surface area contributed by atoms with Crippen LogP contribution >= 0.6 is 0 Å². The minimum absolute atomic E-state index is 0.327. The van der Waals surface area contributed by atoms with Gasteiger partial charge >= 0.3 is 5.97 Å². The molecule has 1 aliphatic rings. The minimum Gasteiger partial charge on any atom is -0.497 e. The Hall–Kier alpha value is -3.28. The normalized spacial score (nSPS) is 14.1. The summed E-state index contributed by atoms with van der Waals surface area (Å²) in [4.78, 5) is 21.6. The summed E-state index contributed by atoms with van der Waals surface area (Å²) in [6, 6.07) is 16.1. The molecular weight excluding hydrogens is 366 g/mol. The molecular formula is C23H25N3O3. The van der Waals surface area contributed by atoms with Gasteiger partial charge in [0, 0.05) is 48.8 Å². The quantitative estimate of drug-likeness (QED) is 0.618. The van der Waals surface area contributed by atoms with Crippen LogP contribution in [-0.4, -0.2) is 50.8 Å². The summed E-state index contributed by atoms with van der Waals surface area (Å²) in [5, 5.41) is 1.87. The zero-order valence-corrected chi connectivity index (χ0v) is 16.8. The number of anilines is 2. The number of pyridine rings is 1. The maximum absolute atomic E-state index is 12.3. The second-order valence-electron chi connectivity index (χ2n) is 6.93. The molecule has 0 amide bonds. The lowest BCUT2D eigenvalue weighted by atomic mass is 10.1. The summed E-state index contributed by atoms with van der Waals surface area (Å²) in [5.41, 5.74) is 1.71. The number of hydrogen-bond acceptors (Lipinski definition) is 6. The van der Waals surface area contributed by atoms with Crippen LogP contribution in [0.3, 0.4) is 0 Å². The predicted molar refractivity (Wildman–Crippen MR) is 115 cm³/mol. The molecule has 29 heavy (non-hydrogen) atoms. The summed E-state index contributed by atoms with van der Waals surface area (Å²) in [5.74, 6) is 1.46. The number of piperazine rings is 1. The molecule has 0 atom stereocenters. The molecule has 0 N–H and O–H groups in total. The van der Waals surface area contributed by atoms with Gasteiger partial charge in [0.2, 0.25) is 0 Å². The van der Waals surface area contributed by atoms with Gasteiger partial charge in [-0.05, 0) is 31.2 Å². The number of methoxy groups -OCH3 is 1. The first kappa shape index (κ1) is 19.1. The minimum atomic E-state index is -0.327. The molecule has 1 fully saturated rings. The van der Waals surface area contributed by atoms with E-state index in [0.717, 1.165) is 48.5 Å². The molecule has 0 bridgehead atoms. The SMILES string of the molecule is CCOC(=O)c1cnc(N2CCN(c3ccc(OC)cc3)CC2)c2ccccc12. The van der Waals surface area contributed by atoms with Crippen LogP contribution in [-0.2, 0) is 4.74 Å². The standard InChI is InChI=1S/C23H25N3O3/c1-3-29-23(27)21-16-24-22(20-7-5-4-6-19(20)21)26-14-12-25(13-15-26)17-8-10-18(28-2)11-9-17/h4-11,16H,3,12-15H2,1-2H3. The number of nitrogens with zero attached hydrogens (tertiary/aromatic N) is 3. The number of benzene rings is 2. The van der Waals surface area contributed by atoms with Crippen molar-refractivity contribution >= 4 is 28.2 Å². The van der Waals surface area contributed by atoms with Gasteiger partial charge in [-0.2, -0.15) is 0 Å². The van der Waals surface area contributed by atoms with Crippen molar-refractivity contribution in [2.24, 2.45) is 0 Å². The van der Waals surface area contributed by atoms with Crippen LogP contribution in [0.15, 0.2) is 54.7 Å². The van der Waals surface area contributed by atoms with Crippen molar-refractivity contribution in [3.8, 4) is 5.75 Å². The van der Waals surface area contributed by atoms with E-state index in [2.05, 4.69) is 26.9 Å². The Labute approximate surface area is 170 Å². The molecule has 1 saturated heterocycles. The number of rotatable bonds is 5. The van der Waals surface area contributed by atoms with E-state index in [0.29, 0.717) is 12.2 Å². The highest BCUT2D eigenvalue weighted by atomic mass is 16.5. The van der Waals surface area contributed by atoms with Gasteiger partial charge in [-0.25, -0.2) is 9.78 Å². The Kier molecular flexibility index (Phi) is 5.51. The number of esters is 1. The second kappa shape index (κ2) is 8.39. The smallest absolute Gasteiger partial charge is 0.340 e. The van der Waals surface area contributed by atoms with Crippen molar-refractivity contribution in [1.29, 1.82) is 0 Å². The molecule has 6 nitrogen and oxygen atoms in total. The largest absolute Gasteiger partial charge is 0.497 e. The fourth-order valence-electron chi connectivity index (χ4n) is 3.77. The van der Waals surface area contributed by atoms with E-state index in [4.69, 9.17) is 9.47 Å².